The molecule has 132 valence electrons. The number of thiophene rings is 1. The summed E-state index contributed by atoms with van der Waals surface area (Å²) in [6.45, 7) is 5.85. The van der Waals surface area contributed by atoms with Gasteiger partial charge in [0.15, 0.2) is 16.7 Å². The van der Waals surface area contributed by atoms with E-state index in [0.29, 0.717) is 0 Å². The van der Waals surface area contributed by atoms with Gasteiger partial charge in [-0.2, -0.15) is 24.5 Å². The molecule has 0 spiro atoms. The fraction of sp³-hybridized carbons (Fsp3) is 0.400. The third kappa shape index (κ3) is 6.86. The van der Waals surface area contributed by atoms with E-state index < -0.39 is 15.6 Å². The van der Waals surface area contributed by atoms with Crippen LogP contribution in [0.3, 0.4) is 0 Å². The second-order valence-electron chi connectivity index (χ2n) is 4.80. The van der Waals surface area contributed by atoms with Gasteiger partial charge in [0.05, 0.1) is 0 Å². The molecule has 0 radical (unpaired) electrons. The fourth-order valence-electron chi connectivity index (χ4n) is 1.87. The number of halogens is 3. The maximum atomic E-state index is 10.7. The average molecular weight is 379 g/mol. The van der Waals surface area contributed by atoms with E-state index in [4.69, 9.17) is 13.0 Å². The van der Waals surface area contributed by atoms with Gasteiger partial charge in [-0.3, -0.25) is 0 Å². The molecule has 1 aromatic heterocycles. The van der Waals surface area contributed by atoms with Gasteiger partial charge >= 0.3 is 5.51 Å². The van der Waals surface area contributed by atoms with Crippen molar-refractivity contribution in [1.29, 1.82) is 0 Å². The predicted octanol–water partition coefficient (Wildman–Crippen LogP) is 2.97. The highest BCUT2D eigenvalue weighted by Gasteiger charge is 2.36. The van der Waals surface area contributed by atoms with Crippen molar-refractivity contribution in [2.45, 2.75) is 24.8 Å². The lowest BCUT2D eigenvalue weighted by molar-refractivity contribution is -0.521. The lowest BCUT2D eigenvalue weighted by Gasteiger charge is -2.09. The normalized spacial score (nSPS) is 15.0. The van der Waals surface area contributed by atoms with Crippen LogP contribution in [0, 0.1) is 11.8 Å². The molecule has 0 aromatic carbocycles. The quantitative estimate of drug-likeness (QED) is 0.261. The zero-order valence-electron chi connectivity index (χ0n) is 12.7. The van der Waals surface area contributed by atoms with Crippen LogP contribution in [0.15, 0.2) is 29.5 Å². The first-order valence-electron chi connectivity index (χ1n) is 6.93. The maximum Gasteiger partial charge on any atom is 0.485 e. The molecule has 9 heteroatoms. The summed E-state index contributed by atoms with van der Waals surface area (Å²) in [6.07, 6.45) is 5.61. The molecule has 0 fully saturated rings. The highest BCUT2D eigenvalue weighted by molar-refractivity contribution is 7.86. The summed E-state index contributed by atoms with van der Waals surface area (Å²) in [5, 5.41) is 4.16. The zero-order chi connectivity index (χ0) is 18.2. The second-order valence-corrected chi connectivity index (χ2v) is 6.95. The Bertz CT molecular complexity index is 739. The van der Waals surface area contributed by atoms with Gasteiger partial charge in [-0.25, -0.2) is 13.0 Å². The Morgan fingerprint density at radius 3 is 2.54 bits per heavy atom. The van der Waals surface area contributed by atoms with Crippen molar-refractivity contribution >= 4 is 27.2 Å². The number of hydrogen-bond donors (Lipinski definition) is 0. The molecule has 0 aliphatic carbocycles. The smallest absolute Gasteiger partial charge is 0.485 e. The summed E-state index contributed by atoms with van der Waals surface area (Å²) in [7, 11) is -6.09. The van der Waals surface area contributed by atoms with Gasteiger partial charge in [-0.1, -0.05) is 12.5 Å². The summed E-state index contributed by atoms with van der Waals surface area (Å²) >= 11 is 1.70. The minimum atomic E-state index is -6.09. The molecule has 0 N–H and O–H groups in total. The zero-order valence-corrected chi connectivity index (χ0v) is 14.3. The topological polar surface area (TPSA) is 60.2 Å². The van der Waals surface area contributed by atoms with Crippen molar-refractivity contribution < 1.29 is 30.7 Å². The van der Waals surface area contributed by atoms with Crippen LogP contribution < -0.4 is 0 Å². The lowest BCUT2D eigenvalue weighted by Crippen LogP contribution is -2.25. The van der Waals surface area contributed by atoms with E-state index in [-0.39, 0.29) is 0 Å². The van der Waals surface area contributed by atoms with Crippen molar-refractivity contribution in [2.24, 2.45) is 0 Å². The molecule has 0 saturated heterocycles. The molecule has 1 aliphatic heterocycles. The van der Waals surface area contributed by atoms with Crippen molar-refractivity contribution in [3.05, 3.63) is 35.0 Å². The van der Waals surface area contributed by atoms with E-state index in [1.54, 1.807) is 11.3 Å². The monoisotopic (exact) mass is 379 g/mol. The van der Waals surface area contributed by atoms with Crippen molar-refractivity contribution in [3.8, 4) is 11.8 Å². The van der Waals surface area contributed by atoms with Gasteiger partial charge in [0.25, 0.3) is 0 Å². The highest BCUT2D eigenvalue weighted by Crippen LogP contribution is 2.20. The number of alkyl halides is 3. The summed E-state index contributed by atoms with van der Waals surface area (Å²) in [5.74, 6) is 6.54. The van der Waals surface area contributed by atoms with Crippen molar-refractivity contribution in [2.75, 3.05) is 13.1 Å². The summed E-state index contributed by atoms with van der Waals surface area (Å²) in [4.78, 5) is 0. The Balaban J connectivity index is 0.000000307. The first-order valence-corrected chi connectivity index (χ1v) is 9.28. The Morgan fingerprint density at radius 1 is 1.38 bits per heavy atom. The van der Waals surface area contributed by atoms with Crippen molar-refractivity contribution in [3.63, 3.8) is 0 Å². The van der Waals surface area contributed by atoms with E-state index in [9.17, 15) is 13.2 Å². The van der Waals surface area contributed by atoms with Crippen LogP contribution in [0.5, 0.6) is 0 Å². The Kier molecular flexibility index (Phi) is 7.66. The molecule has 1 aromatic rings. The van der Waals surface area contributed by atoms with Crippen LogP contribution in [0.2, 0.25) is 0 Å². The van der Waals surface area contributed by atoms with Crippen LogP contribution in [0.1, 0.15) is 24.8 Å². The van der Waals surface area contributed by atoms with E-state index in [0.717, 1.165) is 25.1 Å². The first kappa shape index (κ1) is 20.4. The largest absolute Gasteiger partial charge is 0.741 e. The van der Waals surface area contributed by atoms with Gasteiger partial charge in [-0.05, 0) is 23.9 Å². The van der Waals surface area contributed by atoms with Crippen molar-refractivity contribution in [1.82, 2.24) is 0 Å². The number of rotatable bonds is 2. The minimum absolute atomic E-state index is 0.924. The molecule has 0 atom stereocenters. The highest BCUT2D eigenvalue weighted by atomic mass is 32.2. The molecule has 4 nitrogen and oxygen atoms in total. The van der Waals surface area contributed by atoms with Crippen LogP contribution in [0.25, 0.3) is 0 Å². The maximum absolute atomic E-state index is 10.7. The first-order chi connectivity index (χ1) is 11.1. The molecular weight excluding hydrogens is 363 g/mol. The second kappa shape index (κ2) is 9.01. The summed E-state index contributed by atoms with van der Waals surface area (Å²) in [6, 6.07) is 2.07. The predicted molar refractivity (Wildman–Crippen MR) is 86.0 cm³/mol. The van der Waals surface area contributed by atoms with E-state index in [1.807, 2.05) is 6.08 Å². The molecule has 24 heavy (non-hydrogen) atoms. The van der Waals surface area contributed by atoms with Gasteiger partial charge in [0.2, 0.25) is 5.71 Å². The summed E-state index contributed by atoms with van der Waals surface area (Å²) in [5.41, 5.74) is -3.24. The van der Waals surface area contributed by atoms with Gasteiger partial charge in [-0.15, -0.1) is 0 Å². The van der Waals surface area contributed by atoms with E-state index >= 15 is 0 Å². The van der Waals surface area contributed by atoms with Crippen LogP contribution >= 0.6 is 11.3 Å². The minimum Gasteiger partial charge on any atom is -0.741 e. The van der Waals surface area contributed by atoms with Gasteiger partial charge in [0.1, 0.15) is 6.54 Å². The molecule has 0 unspecified atom stereocenters. The number of nitrogens with zero attached hydrogens (tertiary/aromatic N) is 1. The third-order valence-electron chi connectivity index (χ3n) is 2.98. The van der Waals surface area contributed by atoms with E-state index in [1.165, 1.54) is 18.6 Å². The standard InChI is InChI=1S/C14H16NS.CHF3O3S/c1-2-9-15-10-4-3-5-14(15)7-6-13-8-11-16-12-13;2-1(3,4)8(5,6)7/h2,8,11-12H,1,3-5,9-10H2;(H,5,6,7)/q+1;/p-1. The fourth-order valence-corrected chi connectivity index (χ4v) is 2.45. The molecule has 1 aliphatic rings. The molecular formula is C15H16F3NO3S2. The lowest BCUT2D eigenvalue weighted by atomic mass is 10.1. The molecule has 0 amide bonds. The van der Waals surface area contributed by atoms with E-state index in [2.05, 4.69) is 39.8 Å². The molecule has 0 bridgehead atoms. The SMILES string of the molecule is C=CC[N+]1=C(C#Cc2ccsc2)CCCC1.O=S(=O)([O-])C(F)(F)F. The molecule has 2 rings (SSSR count). The Labute approximate surface area is 143 Å². The number of hydrogen-bond acceptors (Lipinski definition) is 4. The summed E-state index contributed by atoms with van der Waals surface area (Å²) < 4.78 is 61.2. The Hall–Kier alpha value is -1.63. The van der Waals surface area contributed by atoms with Gasteiger partial charge < -0.3 is 4.55 Å². The molecule has 0 saturated carbocycles. The average Bonchev–Trinajstić information content (AvgIpc) is 2.98. The van der Waals surface area contributed by atoms with Gasteiger partial charge in [0, 0.05) is 29.7 Å². The molecule has 2 heterocycles. The van der Waals surface area contributed by atoms with Crippen LogP contribution in [0.4, 0.5) is 13.2 Å². The van der Waals surface area contributed by atoms with Crippen LogP contribution in [-0.2, 0) is 10.1 Å². The van der Waals surface area contributed by atoms with Crippen LogP contribution in [-0.4, -0.2) is 41.9 Å². The Morgan fingerprint density at radius 2 is 2.04 bits per heavy atom. The third-order valence-corrected chi connectivity index (χ3v) is 4.23.